The molecule has 0 spiro atoms. The van der Waals surface area contributed by atoms with Gasteiger partial charge in [0.05, 0.1) is 12.5 Å². The van der Waals surface area contributed by atoms with E-state index in [1.54, 1.807) is 12.1 Å². The van der Waals surface area contributed by atoms with Gasteiger partial charge in [0.2, 0.25) is 11.7 Å². The summed E-state index contributed by atoms with van der Waals surface area (Å²) in [4.78, 5) is 50.5. The molecule has 2 atom stereocenters. The van der Waals surface area contributed by atoms with Crippen LogP contribution < -0.4 is 5.43 Å². The number of hydrogen-bond donors (Lipinski definition) is 1. The van der Waals surface area contributed by atoms with Crippen molar-refractivity contribution in [1.29, 1.82) is 0 Å². The van der Waals surface area contributed by atoms with Crippen molar-refractivity contribution in [3.8, 4) is 0 Å². The fraction of sp³-hybridized carbons (Fsp3) is 0.385. The van der Waals surface area contributed by atoms with E-state index in [2.05, 4.69) is 26.2 Å². The van der Waals surface area contributed by atoms with Gasteiger partial charge in [-0.25, -0.2) is 4.39 Å². The molecular weight excluding hydrogens is 475 g/mol. The molecule has 0 saturated carbocycles. The normalized spacial score (nSPS) is 16.7. The van der Waals surface area contributed by atoms with Gasteiger partial charge in [-0.05, 0) is 47.4 Å². The van der Waals surface area contributed by atoms with E-state index < -0.39 is 41.4 Å². The van der Waals surface area contributed by atoms with E-state index in [4.69, 9.17) is 16.3 Å². The van der Waals surface area contributed by atoms with Crippen LogP contribution in [0.15, 0.2) is 48.5 Å². The molecule has 2 aromatic rings. The topological polar surface area (TPSA) is 92.8 Å². The average Bonchev–Trinajstić information content (AvgIpc) is 3.18. The number of benzene rings is 2. The molecule has 1 heterocycles. The third-order valence-corrected chi connectivity index (χ3v) is 5.98. The largest absolute Gasteiger partial charge is 0.454 e. The lowest BCUT2D eigenvalue weighted by Crippen LogP contribution is -2.43. The molecule has 1 saturated heterocycles. The van der Waals surface area contributed by atoms with E-state index in [9.17, 15) is 23.6 Å². The monoisotopic (exact) mass is 502 g/mol. The van der Waals surface area contributed by atoms with Gasteiger partial charge in [-0.1, -0.05) is 32.9 Å². The second-order valence-electron chi connectivity index (χ2n) is 9.45. The van der Waals surface area contributed by atoms with Crippen molar-refractivity contribution in [1.82, 2.24) is 10.4 Å². The Morgan fingerprint density at radius 3 is 2.26 bits per heavy atom. The molecule has 7 nitrogen and oxygen atoms in total. The maximum atomic E-state index is 13.2. The molecule has 0 aromatic heterocycles. The van der Waals surface area contributed by atoms with Crippen LogP contribution >= 0.6 is 11.6 Å². The number of hydrazine groups is 1. The summed E-state index contributed by atoms with van der Waals surface area (Å²) in [6, 6.07) is 12.0. The zero-order valence-electron chi connectivity index (χ0n) is 19.8. The Hall–Kier alpha value is -3.26. The molecule has 2 amide bonds. The molecule has 1 aliphatic heterocycles. The fourth-order valence-corrected chi connectivity index (χ4v) is 3.86. The number of alkyl halides is 1. The predicted octanol–water partition coefficient (Wildman–Crippen LogP) is 4.04. The van der Waals surface area contributed by atoms with Crippen LogP contribution in [0.1, 0.15) is 59.9 Å². The number of carbonyl (C=O) groups is 4. The molecule has 3 rings (SSSR count). The van der Waals surface area contributed by atoms with Crippen LogP contribution in [0.4, 0.5) is 4.39 Å². The van der Waals surface area contributed by atoms with Gasteiger partial charge >= 0.3 is 5.97 Å². The standard InChI is InChI=1S/C26H28ClFN2O5/c1-26(2,3)19-8-4-17(5-9-19)24(33)29-30-15-18(14-22(30)31)25(34)35-21(12-13-27)23(32)16-6-10-20(28)11-7-16/h4-11,18,21H,12-15H2,1-3H3,(H,29,33). The Labute approximate surface area is 208 Å². The van der Waals surface area contributed by atoms with E-state index in [-0.39, 0.29) is 36.2 Å². The van der Waals surface area contributed by atoms with Crippen molar-refractivity contribution in [2.75, 3.05) is 12.4 Å². The molecule has 1 fully saturated rings. The predicted molar refractivity (Wildman–Crippen MR) is 128 cm³/mol. The highest BCUT2D eigenvalue weighted by Gasteiger charge is 2.38. The molecule has 9 heteroatoms. The van der Waals surface area contributed by atoms with Crippen LogP contribution in [0.3, 0.4) is 0 Å². The number of rotatable bonds is 8. The highest BCUT2D eigenvalue weighted by Crippen LogP contribution is 2.23. The first-order valence-electron chi connectivity index (χ1n) is 11.3. The van der Waals surface area contributed by atoms with E-state index >= 15 is 0 Å². The molecule has 2 unspecified atom stereocenters. The molecule has 1 aliphatic rings. The van der Waals surface area contributed by atoms with Crippen LogP contribution in [0, 0.1) is 11.7 Å². The average molecular weight is 503 g/mol. The second kappa shape index (κ2) is 11.0. The van der Waals surface area contributed by atoms with Crippen molar-refractivity contribution in [2.24, 2.45) is 5.92 Å². The Bertz CT molecular complexity index is 1100. The Morgan fingerprint density at radius 1 is 1.09 bits per heavy atom. The van der Waals surface area contributed by atoms with Crippen molar-refractivity contribution >= 4 is 35.2 Å². The minimum Gasteiger partial charge on any atom is -0.454 e. The first kappa shape index (κ1) is 26.3. The van der Waals surface area contributed by atoms with E-state index in [1.807, 2.05) is 12.1 Å². The fourth-order valence-electron chi connectivity index (χ4n) is 3.66. The lowest BCUT2D eigenvalue weighted by atomic mass is 9.87. The Morgan fingerprint density at radius 2 is 1.69 bits per heavy atom. The minimum absolute atomic E-state index is 0.0602. The van der Waals surface area contributed by atoms with Crippen molar-refractivity contribution in [3.63, 3.8) is 0 Å². The number of halogens is 2. The molecule has 186 valence electrons. The maximum Gasteiger partial charge on any atom is 0.312 e. The summed E-state index contributed by atoms with van der Waals surface area (Å²) >= 11 is 5.78. The smallest absolute Gasteiger partial charge is 0.312 e. The molecule has 1 N–H and O–H groups in total. The zero-order valence-corrected chi connectivity index (χ0v) is 20.6. The van der Waals surface area contributed by atoms with Gasteiger partial charge in [-0.2, -0.15) is 0 Å². The van der Waals surface area contributed by atoms with Crippen LogP contribution in [-0.2, 0) is 19.7 Å². The summed E-state index contributed by atoms with van der Waals surface area (Å²) in [5, 5.41) is 1.09. The summed E-state index contributed by atoms with van der Waals surface area (Å²) in [6.07, 6.45) is -1.26. The number of carbonyl (C=O) groups excluding carboxylic acids is 4. The van der Waals surface area contributed by atoms with Crippen LogP contribution in [-0.4, -0.2) is 47.1 Å². The molecule has 0 bridgehead atoms. The number of ether oxygens (including phenoxy) is 1. The summed E-state index contributed by atoms with van der Waals surface area (Å²) < 4.78 is 18.6. The number of ketones is 1. The summed E-state index contributed by atoms with van der Waals surface area (Å²) in [5.74, 6) is -3.45. The summed E-state index contributed by atoms with van der Waals surface area (Å²) in [6.45, 7) is 6.11. The summed E-state index contributed by atoms with van der Waals surface area (Å²) in [7, 11) is 0. The van der Waals surface area contributed by atoms with Gasteiger partial charge in [-0.3, -0.25) is 29.6 Å². The van der Waals surface area contributed by atoms with E-state index in [1.165, 1.54) is 12.1 Å². The van der Waals surface area contributed by atoms with Crippen molar-refractivity contribution < 1.29 is 28.3 Å². The minimum atomic E-state index is -1.16. The van der Waals surface area contributed by atoms with Crippen molar-refractivity contribution in [3.05, 3.63) is 71.0 Å². The van der Waals surface area contributed by atoms with Crippen LogP contribution in [0.25, 0.3) is 0 Å². The number of esters is 1. The second-order valence-corrected chi connectivity index (χ2v) is 9.83. The molecule has 2 aromatic carbocycles. The highest BCUT2D eigenvalue weighted by molar-refractivity contribution is 6.18. The number of nitrogens with one attached hydrogen (secondary N) is 1. The third kappa shape index (κ3) is 6.66. The van der Waals surface area contributed by atoms with Gasteiger partial charge in [0, 0.05) is 29.8 Å². The summed E-state index contributed by atoms with van der Waals surface area (Å²) in [5.41, 5.74) is 4.10. The van der Waals surface area contributed by atoms with Gasteiger partial charge in [0.1, 0.15) is 5.82 Å². The van der Waals surface area contributed by atoms with Gasteiger partial charge in [0.15, 0.2) is 6.10 Å². The van der Waals surface area contributed by atoms with E-state index in [0.717, 1.165) is 22.7 Å². The van der Waals surface area contributed by atoms with Crippen molar-refractivity contribution in [2.45, 2.75) is 45.1 Å². The van der Waals surface area contributed by atoms with Crippen LogP contribution in [0.5, 0.6) is 0 Å². The molecular formula is C26H28ClFN2O5. The first-order valence-corrected chi connectivity index (χ1v) is 11.8. The number of hydrogen-bond acceptors (Lipinski definition) is 5. The van der Waals surface area contributed by atoms with Crippen LogP contribution in [0.2, 0.25) is 0 Å². The number of amides is 2. The van der Waals surface area contributed by atoms with E-state index in [0.29, 0.717) is 5.56 Å². The quantitative estimate of drug-likeness (QED) is 0.334. The third-order valence-electron chi connectivity index (χ3n) is 5.76. The maximum absolute atomic E-state index is 13.2. The molecule has 35 heavy (non-hydrogen) atoms. The first-order chi connectivity index (χ1) is 16.5. The lowest BCUT2D eigenvalue weighted by Gasteiger charge is -2.21. The molecule has 0 radical (unpaired) electrons. The SMILES string of the molecule is CC(C)(C)c1ccc(C(=O)NN2CC(C(=O)OC(CCCl)C(=O)c3ccc(F)cc3)CC2=O)cc1. The molecule has 0 aliphatic carbocycles. The zero-order chi connectivity index (χ0) is 25.8. The lowest BCUT2D eigenvalue weighted by molar-refractivity contribution is -0.151. The van der Waals surface area contributed by atoms with Gasteiger partial charge in [-0.15, -0.1) is 11.6 Å². The highest BCUT2D eigenvalue weighted by atomic mass is 35.5. The van der Waals surface area contributed by atoms with Gasteiger partial charge < -0.3 is 4.74 Å². The van der Waals surface area contributed by atoms with Gasteiger partial charge in [0.25, 0.3) is 5.91 Å². The number of Topliss-reactive ketones (excluding diaryl/α,β-unsaturated/α-hetero) is 1. The Kier molecular flexibility index (Phi) is 8.27. The Balaban J connectivity index is 1.61. The number of nitrogens with zero attached hydrogens (tertiary/aromatic N) is 1.